The van der Waals surface area contributed by atoms with Crippen LogP contribution < -0.4 is 10.5 Å². The Morgan fingerprint density at radius 2 is 2.12 bits per heavy atom. The molecule has 0 spiro atoms. The minimum Gasteiger partial charge on any atom is -0.478 e. The van der Waals surface area contributed by atoms with Gasteiger partial charge in [-0.15, -0.1) is 0 Å². The number of ether oxygens (including phenoxy) is 1. The van der Waals surface area contributed by atoms with Crippen molar-refractivity contribution in [3.05, 3.63) is 23.8 Å². The number of nitrogens with two attached hydrogens (primary N) is 1. The molecule has 0 aliphatic carbocycles. The highest BCUT2D eigenvalue weighted by Crippen LogP contribution is 2.20. The first-order valence-corrected chi connectivity index (χ1v) is 5.38. The summed E-state index contributed by atoms with van der Waals surface area (Å²) in [5.41, 5.74) is 5.61. The van der Waals surface area contributed by atoms with E-state index in [1.165, 1.54) is 18.2 Å². The predicted molar refractivity (Wildman–Crippen MR) is 63.0 cm³/mol. The molecule has 17 heavy (non-hydrogen) atoms. The van der Waals surface area contributed by atoms with E-state index >= 15 is 0 Å². The van der Waals surface area contributed by atoms with E-state index in [0.717, 1.165) is 12.8 Å². The van der Waals surface area contributed by atoms with E-state index in [1.807, 2.05) is 6.92 Å². The number of nitrogen functional groups attached to an aromatic ring is 1. The van der Waals surface area contributed by atoms with Crippen molar-refractivity contribution in [1.82, 2.24) is 0 Å². The van der Waals surface area contributed by atoms with Crippen LogP contribution >= 0.6 is 0 Å². The number of aromatic carboxylic acids is 1. The molecule has 0 radical (unpaired) electrons. The molecule has 0 fully saturated rings. The Kier molecular flexibility index (Phi) is 4.51. The molecule has 0 amide bonds. The van der Waals surface area contributed by atoms with Crippen molar-refractivity contribution in [2.45, 2.75) is 26.2 Å². The number of unbranched alkanes of at least 4 members (excludes halogenated alkanes) is 1. The van der Waals surface area contributed by atoms with E-state index in [-0.39, 0.29) is 23.0 Å². The van der Waals surface area contributed by atoms with Crippen LogP contribution in [0.4, 0.5) is 5.69 Å². The van der Waals surface area contributed by atoms with Crippen LogP contribution in [0.15, 0.2) is 18.2 Å². The molecule has 5 heteroatoms. The van der Waals surface area contributed by atoms with E-state index in [4.69, 9.17) is 15.6 Å². The number of carboxylic acid groups (broad SMARTS) is 1. The Balaban J connectivity index is 2.70. The standard InChI is InChI=1S/C12H15NO4/c1-2-3-4-11(14)17-8-5-6-9(12(15)16)10(13)7-8/h5-7H,2-4,13H2,1H3,(H,15,16). The summed E-state index contributed by atoms with van der Waals surface area (Å²) < 4.78 is 5.02. The smallest absolute Gasteiger partial charge is 0.337 e. The van der Waals surface area contributed by atoms with Crippen LogP contribution in [0.2, 0.25) is 0 Å². The SMILES string of the molecule is CCCCC(=O)Oc1ccc(C(=O)O)c(N)c1. The van der Waals surface area contributed by atoms with E-state index < -0.39 is 5.97 Å². The molecule has 1 aromatic carbocycles. The molecule has 1 rings (SSSR count). The van der Waals surface area contributed by atoms with E-state index in [0.29, 0.717) is 6.42 Å². The number of benzene rings is 1. The average Bonchev–Trinajstić information content (AvgIpc) is 2.26. The van der Waals surface area contributed by atoms with E-state index in [1.54, 1.807) is 0 Å². The molecule has 0 aliphatic heterocycles. The van der Waals surface area contributed by atoms with Gasteiger partial charge in [0.2, 0.25) is 0 Å². The number of rotatable bonds is 5. The largest absolute Gasteiger partial charge is 0.478 e. The summed E-state index contributed by atoms with van der Waals surface area (Å²) in [7, 11) is 0. The third-order valence-corrected chi connectivity index (χ3v) is 2.22. The van der Waals surface area contributed by atoms with Gasteiger partial charge in [-0.3, -0.25) is 4.79 Å². The Labute approximate surface area is 99.2 Å². The van der Waals surface area contributed by atoms with Gasteiger partial charge < -0.3 is 15.6 Å². The van der Waals surface area contributed by atoms with Gasteiger partial charge in [0.25, 0.3) is 0 Å². The molecule has 0 aliphatic rings. The minimum absolute atomic E-state index is 0.00152. The number of anilines is 1. The summed E-state index contributed by atoms with van der Waals surface area (Å²) in [6.45, 7) is 1.98. The first-order valence-electron chi connectivity index (χ1n) is 5.38. The van der Waals surface area contributed by atoms with Gasteiger partial charge in [-0.1, -0.05) is 13.3 Å². The van der Waals surface area contributed by atoms with Crippen LogP contribution in [0.5, 0.6) is 5.75 Å². The maximum atomic E-state index is 11.3. The third kappa shape index (κ3) is 3.79. The molecule has 5 nitrogen and oxygen atoms in total. The van der Waals surface area contributed by atoms with Gasteiger partial charge in [0.15, 0.2) is 0 Å². The molecular formula is C12H15NO4. The van der Waals surface area contributed by atoms with Crippen molar-refractivity contribution in [3.63, 3.8) is 0 Å². The van der Waals surface area contributed by atoms with Gasteiger partial charge in [-0.2, -0.15) is 0 Å². The topological polar surface area (TPSA) is 89.6 Å². The normalized spacial score (nSPS) is 9.94. The maximum absolute atomic E-state index is 11.3. The number of hydrogen-bond acceptors (Lipinski definition) is 4. The second-order valence-electron chi connectivity index (χ2n) is 3.63. The van der Waals surface area contributed by atoms with Gasteiger partial charge in [-0.25, -0.2) is 4.79 Å². The average molecular weight is 237 g/mol. The van der Waals surface area contributed by atoms with Gasteiger partial charge in [0, 0.05) is 18.2 Å². The summed E-state index contributed by atoms with van der Waals surface area (Å²) >= 11 is 0. The number of hydrogen-bond donors (Lipinski definition) is 2. The molecule has 0 saturated heterocycles. The lowest BCUT2D eigenvalue weighted by Gasteiger charge is -2.06. The minimum atomic E-state index is -1.11. The zero-order chi connectivity index (χ0) is 12.8. The number of esters is 1. The Morgan fingerprint density at radius 3 is 2.65 bits per heavy atom. The highest BCUT2D eigenvalue weighted by atomic mass is 16.5. The van der Waals surface area contributed by atoms with Crippen LogP contribution in [0.25, 0.3) is 0 Å². The van der Waals surface area contributed by atoms with Crippen molar-refractivity contribution in [3.8, 4) is 5.75 Å². The van der Waals surface area contributed by atoms with E-state index in [9.17, 15) is 9.59 Å². The predicted octanol–water partition coefficient (Wildman–Crippen LogP) is 2.06. The van der Waals surface area contributed by atoms with Gasteiger partial charge in [-0.05, 0) is 18.6 Å². The number of carboxylic acids is 1. The van der Waals surface area contributed by atoms with Gasteiger partial charge in [0.05, 0.1) is 5.56 Å². The van der Waals surface area contributed by atoms with Crippen LogP contribution in [-0.4, -0.2) is 17.0 Å². The lowest BCUT2D eigenvalue weighted by Crippen LogP contribution is -2.08. The van der Waals surface area contributed by atoms with Crippen molar-refractivity contribution in [2.24, 2.45) is 0 Å². The molecular weight excluding hydrogens is 222 g/mol. The maximum Gasteiger partial charge on any atom is 0.337 e. The number of carbonyl (C=O) groups is 2. The number of carbonyl (C=O) groups excluding carboxylic acids is 1. The van der Waals surface area contributed by atoms with Crippen LogP contribution in [0, 0.1) is 0 Å². The van der Waals surface area contributed by atoms with Gasteiger partial charge in [0.1, 0.15) is 5.75 Å². The monoisotopic (exact) mass is 237 g/mol. The van der Waals surface area contributed by atoms with Crippen molar-refractivity contribution in [2.75, 3.05) is 5.73 Å². The second-order valence-corrected chi connectivity index (χ2v) is 3.63. The summed E-state index contributed by atoms with van der Waals surface area (Å²) in [6.07, 6.45) is 2.02. The third-order valence-electron chi connectivity index (χ3n) is 2.22. The van der Waals surface area contributed by atoms with Crippen molar-refractivity contribution >= 4 is 17.6 Å². The molecule has 0 saturated carbocycles. The first kappa shape index (κ1) is 13.0. The van der Waals surface area contributed by atoms with E-state index in [2.05, 4.69) is 0 Å². The Bertz CT molecular complexity index is 429. The molecule has 0 bridgehead atoms. The fourth-order valence-electron chi connectivity index (χ4n) is 1.30. The molecule has 0 atom stereocenters. The zero-order valence-electron chi connectivity index (χ0n) is 9.60. The lowest BCUT2D eigenvalue weighted by atomic mass is 10.2. The fraction of sp³-hybridized carbons (Fsp3) is 0.333. The highest BCUT2D eigenvalue weighted by Gasteiger charge is 2.10. The van der Waals surface area contributed by atoms with Crippen molar-refractivity contribution < 1.29 is 19.4 Å². The highest BCUT2D eigenvalue weighted by molar-refractivity contribution is 5.94. The quantitative estimate of drug-likeness (QED) is 0.464. The summed E-state index contributed by atoms with van der Waals surface area (Å²) in [4.78, 5) is 22.0. The molecule has 0 heterocycles. The van der Waals surface area contributed by atoms with Crippen LogP contribution in [-0.2, 0) is 4.79 Å². The molecule has 92 valence electrons. The summed E-state index contributed by atoms with van der Waals surface area (Å²) in [5.74, 6) is -1.17. The van der Waals surface area contributed by atoms with Gasteiger partial charge >= 0.3 is 11.9 Å². The zero-order valence-corrected chi connectivity index (χ0v) is 9.60. The molecule has 3 N–H and O–H groups in total. The second kappa shape index (κ2) is 5.89. The molecule has 0 aromatic heterocycles. The Morgan fingerprint density at radius 1 is 1.41 bits per heavy atom. The lowest BCUT2D eigenvalue weighted by molar-refractivity contribution is -0.134. The summed E-state index contributed by atoms with van der Waals surface area (Å²) in [6, 6.07) is 4.08. The molecule has 1 aromatic rings. The summed E-state index contributed by atoms with van der Waals surface area (Å²) in [5, 5.41) is 8.77. The first-order chi connectivity index (χ1) is 8.04. The molecule has 0 unspecified atom stereocenters. The Hall–Kier alpha value is -2.04. The fourth-order valence-corrected chi connectivity index (χ4v) is 1.30. The van der Waals surface area contributed by atoms with Crippen LogP contribution in [0.3, 0.4) is 0 Å². The van der Waals surface area contributed by atoms with Crippen molar-refractivity contribution in [1.29, 1.82) is 0 Å². The van der Waals surface area contributed by atoms with Crippen LogP contribution in [0.1, 0.15) is 36.5 Å².